The highest BCUT2D eigenvalue weighted by atomic mass is 15.3. The largest absolute Gasteiger partial charge is 0.357 e. The maximum absolute atomic E-state index is 4.78. The molecule has 1 atom stereocenters. The van der Waals surface area contributed by atoms with E-state index in [-0.39, 0.29) is 0 Å². The van der Waals surface area contributed by atoms with Gasteiger partial charge in [-0.1, -0.05) is 31.2 Å². The van der Waals surface area contributed by atoms with Crippen LogP contribution in [0.2, 0.25) is 0 Å². The van der Waals surface area contributed by atoms with Crippen LogP contribution in [0.3, 0.4) is 0 Å². The average molecular weight is 411 g/mol. The second-order valence-corrected chi connectivity index (χ2v) is 8.59. The smallest absolute Gasteiger partial charge is 0.191 e. The predicted molar refractivity (Wildman–Crippen MR) is 125 cm³/mol. The van der Waals surface area contributed by atoms with E-state index in [1.165, 1.54) is 42.8 Å². The molecule has 164 valence electrons. The summed E-state index contributed by atoms with van der Waals surface area (Å²) in [5.41, 5.74) is 4.93. The van der Waals surface area contributed by atoms with Crippen LogP contribution in [0.4, 0.5) is 0 Å². The monoisotopic (exact) mass is 410 g/mol. The van der Waals surface area contributed by atoms with Gasteiger partial charge in [-0.25, -0.2) is 4.99 Å². The molecule has 6 nitrogen and oxygen atoms in total. The first-order valence-electron chi connectivity index (χ1n) is 11.4. The van der Waals surface area contributed by atoms with Crippen molar-refractivity contribution in [1.29, 1.82) is 0 Å². The Hall–Kier alpha value is -2.34. The van der Waals surface area contributed by atoms with Gasteiger partial charge in [0.1, 0.15) is 0 Å². The second kappa shape index (κ2) is 11.2. The Morgan fingerprint density at radius 1 is 1.10 bits per heavy atom. The normalized spacial score (nSPS) is 16.1. The SMILES string of the molecule is CCNC(=NCc1ccc(CN2CCCC2)cc1)NCC(C)Cn1nc(C)cc1C. The maximum atomic E-state index is 4.78. The van der Waals surface area contributed by atoms with Crippen molar-refractivity contribution in [3.05, 3.63) is 52.8 Å². The van der Waals surface area contributed by atoms with Crippen LogP contribution in [0.25, 0.3) is 0 Å². The lowest BCUT2D eigenvalue weighted by molar-refractivity contribution is 0.331. The number of aryl methyl sites for hydroxylation is 2. The van der Waals surface area contributed by atoms with E-state index in [9.17, 15) is 0 Å². The topological polar surface area (TPSA) is 57.5 Å². The van der Waals surface area contributed by atoms with Gasteiger partial charge >= 0.3 is 0 Å². The fraction of sp³-hybridized carbons (Fsp3) is 0.583. The van der Waals surface area contributed by atoms with Crippen LogP contribution in [0.15, 0.2) is 35.3 Å². The first-order chi connectivity index (χ1) is 14.5. The third-order valence-corrected chi connectivity index (χ3v) is 5.60. The van der Waals surface area contributed by atoms with Crippen LogP contribution in [0, 0.1) is 19.8 Å². The number of aromatic nitrogens is 2. The minimum atomic E-state index is 0.455. The number of nitrogens with one attached hydrogen (secondary N) is 2. The van der Waals surface area contributed by atoms with Crippen molar-refractivity contribution in [2.75, 3.05) is 26.2 Å². The fourth-order valence-electron chi connectivity index (χ4n) is 3.95. The van der Waals surface area contributed by atoms with Gasteiger partial charge in [0, 0.05) is 31.9 Å². The van der Waals surface area contributed by atoms with Crippen molar-refractivity contribution in [2.24, 2.45) is 10.9 Å². The second-order valence-electron chi connectivity index (χ2n) is 8.59. The molecule has 1 saturated heterocycles. The highest BCUT2D eigenvalue weighted by Gasteiger charge is 2.11. The summed E-state index contributed by atoms with van der Waals surface area (Å²) in [7, 11) is 0. The van der Waals surface area contributed by atoms with Crippen LogP contribution in [-0.2, 0) is 19.6 Å². The highest BCUT2D eigenvalue weighted by molar-refractivity contribution is 5.79. The summed E-state index contributed by atoms with van der Waals surface area (Å²) >= 11 is 0. The molecule has 1 fully saturated rings. The molecule has 0 spiro atoms. The Kier molecular flexibility index (Phi) is 8.31. The molecule has 1 aromatic heterocycles. The summed E-state index contributed by atoms with van der Waals surface area (Å²) in [6.45, 7) is 15.4. The molecule has 1 unspecified atom stereocenters. The molecule has 2 heterocycles. The van der Waals surface area contributed by atoms with Gasteiger partial charge < -0.3 is 10.6 Å². The molecule has 0 amide bonds. The minimum Gasteiger partial charge on any atom is -0.357 e. The third kappa shape index (κ3) is 6.87. The summed E-state index contributed by atoms with van der Waals surface area (Å²) < 4.78 is 2.09. The number of nitrogens with zero attached hydrogens (tertiary/aromatic N) is 4. The van der Waals surface area contributed by atoms with Gasteiger partial charge in [-0.3, -0.25) is 9.58 Å². The molecule has 2 N–H and O–H groups in total. The van der Waals surface area contributed by atoms with Gasteiger partial charge in [0.05, 0.1) is 12.2 Å². The summed E-state index contributed by atoms with van der Waals surface area (Å²) in [5, 5.41) is 11.4. The number of hydrogen-bond acceptors (Lipinski definition) is 3. The third-order valence-electron chi connectivity index (χ3n) is 5.60. The van der Waals surface area contributed by atoms with Crippen molar-refractivity contribution in [1.82, 2.24) is 25.3 Å². The molecule has 6 heteroatoms. The lowest BCUT2D eigenvalue weighted by Gasteiger charge is -2.17. The van der Waals surface area contributed by atoms with Gasteiger partial charge in [0.15, 0.2) is 5.96 Å². The summed E-state index contributed by atoms with van der Waals surface area (Å²) in [4.78, 5) is 7.31. The standard InChI is InChI=1S/C24H38N6/c1-5-25-24(26-15-19(2)17-30-21(4)14-20(3)28-30)27-16-22-8-10-23(11-9-22)18-29-12-6-7-13-29/h8-11,14,19H,5-7,12-13,15-18H2,1-4H3,(H2,25,26,27). The Balaban J connectivity index is 1.49. The van der Waals surface area contributed by atoms with E-state index in [1.54, 1.807) is 0 Å². The van der Waals surface area contributed by atoms with Crippen molar-refractivity contribution in [3.8, 4) is 0 Å². The molecule has 0 aliphatic carbocycles. The minimum absolute atomic E-state index is 0.455. The van der Waals surface area contributed by atoms with Gasteiger partial charge in [0.2, 0.25) is 0 Å². The molecule has 0 radical (unpaired) electrons. The molecule has 3 rings (SSSR count). The van der Waals surface area contributed by atoms with Crippen molar-refractivity contribution < 1.29 is 0 Å². The van der Waals surface area contributed by atoms with Crippen LogP contribution >= 0.6 is 0 Å². The number of rotatable bonds is 9. The van der Waals surface area contributed by atoms with Gasteiger partial charge in [-0.05, 0) is 69.8 Å². The van der Waals surface area contributed by atoms with Gasteiger partial charge in [-0.15, -0.1) is 0 Å². The van der Waals surface area contributed by atoms with E-state index in [2.05, 4.69) is 76.4 Å². The molecule has 2 aromatic rings. The first kappa shape index (κ1) is 22.3. The fourth-order valence-corrected chi connectivity index (χ4v) is 3.95. The zero-order valence-electron chi connectivity index (χ0n) is 19.1. The molecular formula is C24H38N6. The first-order valence-corrected chi connectivity index (χ1v) is 11.4. The average Bonchev–Trinajstić information content (AvgIpc) is 3.34. The van der Waals surface area contributed by atoms with Crippen LogP contribution in [0.5, 0.6) is 0 Å². The number of aliphatic imine (C=N–C) groups is 1. The molecule has 1 aromatic carbocycles. The van der Waals surface area contributed by atoms with E-state index in [4.69, 9.17) is 4.99 Å². The quantitative estimate of drug-likeness (QED) is 0.491. The highest BCUT2D eigenvalue weighted by Crippen LogP contribution is 2.13. The number of guanidine groups is 1. The van der Waals surface area contributed by atoms with Gasteiger partial charge in [-0.2, -0.15) is 5.10 Å². The van der Waals surface area contributed by atoms with Gasteiger partial charge in [0.25, 0.3) is 0 Å². The van der Waals surface area contributed by atoms with Crippen molar-refractivity contribution in [3.63, 3.8) is 0 Å². The molecule has 0 saturated carbocycles. The molecule has 0 bridgehead atoms. The number of likely N-dealkylation sites (tertiary alicyclic amines) is 1. The van der Waals surface area contributed by atoms with E-state index in [0.29, 0.717) is 12.5 Å². The molecule has 30 heavy (non-hydrogen) atoms. The zero-order valence-corrected chi connectivity index (χ0v) is 19.1. The van der Waals surface area contributed by atoms with Crippen LogP contribution < -0.4 is 10.6 Å². The van der Waals surface area contributed by atoms with Crippen LogP contribution in [0.1, 0.15) is 49.2 Å². The molecule has 1 aliphatic heterocycles. The Morgan fingerprint density at radius 2 is 1.80 bits per heavy atom. The zero-order chi connectivity index (χ0) is 21.3. The van der Waals surface area contributed by atoms with Crippen molar-refractivity contribution in [2.45, 2.75) is 60.2 Å². The van der Waals surface area contributed by atoms with E-state index < -0.39 is 0 Å². The lowest BCUT2D eigenvalue weighted by atomic mass is 10.1. The Bertz CT molecular complexity index is 802. The summed E-state index contributed by atoms with van der Waals surface area (Å²) in [5.74, 6) is 1.33. The van der Waals surface area contributed by atoms with Crippen LogP contribution in [-0.4, -0.2) is 46.8 Å². The number of hydrogen-bond donors (Lipinski definition) is 2. The van der Waals surface area contributed by atoms with E-state index >= 15 is 0 Å². The Labute approximate surface area is 181 Å². The van der Waals surface area contributed by atoms with E-state index in [0.717, 1.165) is 37.8 Å². The summed E-state index contributed by atoms with van der Waals surface area (Å²) in [6.07, 6.45) is 2.68. The predicted octanol–water partition coefficient (Wildman–Crippen LogP) is 3.49. The Morgan fingerprint density at radius 3 is 2.43 bits per heavy atom. The lowest BCUT2D eigenvalue weighted by Crippen LogP contribution is -2.40. The maximum Gasteiger partial charge on any atom is 0.191 e. The molecular weight excluding hydrogens is 372 g/mol. The summed E-state index contributed by atoms with van der Waals surface area (Å²) in [6, 6.07) is 11.1. The van der Waals surface area contributed by atoms with E-state index in [1.807, 2.05) is 6.92 Å². The molecule has 1 aliphatic rings. The van der Waals surface area contributed by atoms with Crippen molar-refractivity contribution >= 4 is 5.96 Å². The number of benzene rings is 1.